The van der Waals surface area contributed by atoms with Crippen molar-refractivity contribution in [3.63, 3.8) is 0 Å². The molecule has 1 aliphatic rings. The monoisotopic (exact) mass is 177 g/mol. The van der Waals surface area contributed by atoms with Crippen LogP contribution in [0.2, 0.25) is 0 Å². The van der Waals surface area contributed by atoms with E-state index in [2.05, 4.69) is 10.4 Å². The molecule has 0 amide bonds. The molecular formula is C9H11N3O. The molecule has 68 valence electrons. The fraction of sp³-hybridized carbons (Fsp3) is 0.222. The molecule has 0 bridgehead atoms. The van der Waals surface area contributed by atoms with Gasteiger partial charge in [0.15, 0.2) is 0 Å². The Kier molecular flexibility index (Phi) is 2.14. The van der Waals surface area contributed by atoms with Crippen molar-refractivity contribution in [1.82, 2.24) is 0 Å². The van der Waals surface area contributed by atoms with E-state index in [-0.39, 0.29) is 0 Å². The van der Waals surface area contributed by atoms with E-state index in [1.165, 1.54) is 0 Å². The number of hydrogen-bond acceptors (Lipinski definition) is 4. The van der Waals surface area contributed by atoms with E-state index in [4.69, 9.17) is 10.6 Å². The molecule has 4 heteroatoms. The summed E-state index contributed by atoms with van der Waals surface area (Å²) in [6.45, 7) is 1.44. The van der Waals surface area contributed by atoms with Gasteiger partial charge in [-0.05, 0) is 24.3 Å². The summed E-state index contributed by atoms with van der Waals surface area (Å²) in [5.41, 5.74) is 4.44. The maximum Gasteiger partial charge on any atom is 0.216 e. The molecule has 0 atom stereocenters. The number of rotatable bonds is 2. The standard InChI is InChI=1S/C9H11N3O/c10-12-8-3-1-7(2-4-8)9-11-5-6-13-9/h1-4,12H,5-6,10H2. The molecule has 3 N–H and O–H groups in total. The summed E-state index contributed by atoms with van der Waals surface area (Å²) in [4.78, 5) is 4.20. The summed E-state index contributed by atoms with van der Waals surface area (Å²) in [6.07, 6.45) is 0. The van der Waals surface area contributed by atoms with Gasteiger partial charge in [-0.15, -0.1) is 0 Å². The number of ether oxygens (including phenoxy) is 1. The number of nitrogens with two attached hydrogens (primary N) is 1. The van der Waals surface area contributed by atoms with Crippen LogP contribution in [0.15, 0.2) is 29.3 Å². The average molecular weight is 177 g/mol. The van der Waals surface area contributed by atoms with Crippen molar-refractivity contribution >= 4 is 11.6 Å². The molecular weight excluding hydrogens is 166 g/mol. The predicted octanol–water partition coefficient (Wildman–Crippen LogP) is 0.749. The van der Waals surface area contributed by atoms with Crippen LogP contribution in [-0.2, 0) is 4.74 Å². The number of nitrogens with zero attached hydrogens (tertiary/aromatic N) is 1. The van der Waals surface area contributed by atoms with Gasteiger partial charge in [0.25, 0.3) is 0 Å². The van der Waals surface area contributed by atoms with E-state index in [1.54, 1.807) is 0 Å². The van der Waals surface area contributed by atoms with Crippen molar-refractivity contribution < 1.29 is 4.74 Å². The highest BCUT2D eigenvalue weighted by Crippen LogP contribution is 2.11. The summed E-state index contributed by atoms with van der Waals surface area (Å²) < 4.78 is 5.31. The zero-order chi connectivity index (χ0) is 9.10. The number of aliphatic imine (C=N–C) groups is 1. The third-order valence-corrected chi connectivity index (χ3v) is 1.88. The first-order valence-corrected chi connectivity index (χ1v) is 4.14. The van der Waals surface area contributed by atoms with Crippen LogP contribution in [0.1, 0.15) is 5.56 Å². The van der Waals surface area contributed by atoms with E-state index < -0.39 is 0 Å². The fourth-order valence-corrected chi connectivity index (χ4v) is 1.22. The molecule has 4 nitrogen and oxygen atoms in total. The summed E-state index contributed by atoms with van der Waals surface area (Å²) in [5.74, 6) is 5.97. The van der Waals surface area contributed by atoms with Gasteiger partial charge in [-0.2, -0.15) is 0 Å². The van der Waals surface area contributed by atoms with Crippen LogP contribution in [0.4, 0.5) is 5.69 Å². The van der Waals surface area contributed by atoms with Gasteiger partial charge in [-0.3, -0.25) is 5.84 Å². The summed E-state index contributed by atoms with van der Waals surface area (Å²) in [5, 5.41) is 0. The SMILES string of the molecule is NNc1ccc(C2=NCCO2)cc1. The number of hydrazine groups is 1. The van der Waals surface area contributed by atoms with Crippen molar-refractivity contribution in [2.45, 2.75) is 0 Å². The zero-order valence-electron chi connectivity index (χ0n) is 7.16. The lowest BCUT2D eigenvalue weighted by Crippen LogP contribution is -2.07. The van der Waals surface area contributed by atoms with Gasteiger partial charge < -0.3 is 10.2 Å². The smallest absolute Gasteiger partial charge is 0.216 e. The van der Waals surface area contributed by atoms with Gasteiger partial charge in [0.2, 0.25) is 5.90 Å². The second-order valence-corrected chi connectivity index (χ2v) is 2.76. The van der Waals surface area contributed by atoms with Crippen LogP contribution >= 0.6 is 0 Å². The largest absolute Gasteiger partial charge is 0.476 e. The lowest BCUT2D eigenvalue weighted by Gasteiger charge is -2.02. The van der Waals surface area contributed by atoms with Gasteiger partial charge in [-0.1, -0.05) is 0 Å². The second-order valence-electron chi connectivity index (χ2n) is 2.76. The molecule has 13 heavy (non-hydrogen) atoms. The lowest BCUT2D eigenvalue weighted by atomic mass is 10.2. The minimum atomic E-state index is 0.687. The van der Waals surface area contributed by atoms with Crippen LogP contribution in [0, 0.1) is 0 Å². The van der Waals surface area contributed by atoms with Crippen molar-refractivity contribution in [3.8, 4) is 0 Å². The zero-order valence-corrected chi connectivity index (χ0v) is 7.16. The first kappa shape index (κ1) is 8.07. The molecule has 0 radical (unpaired) electrons. The Hall–Kier alpha value is -1.55. The van der Waals surface area contributed by atoms with E-state index in [0.717, 1.165) is 23.7 Å². The number of anilines is 1. The first-order chi connectivity index (χ1) is 6.40. The Morgan fingerprint density at radius 2 is 2.08 bits per heavy atom. The van der Waals surface area contributed by atoms with Gasteiger partial charge in [-0.25, -0.2) is 4.99 Å². The Morgan fingerprint density at radius 3 is 2.62 bits per heavy atom. The van der Waals surface area contributed by atoms with Crippen molar-refractivity contribution in [2.24, 2.45) is 10.8 Å². The minimum Gasteiger partial charge on any atom is -0.476 e. The van der Waals surface area contributed by atoms with Gasteiger partial charge in [0.05, 0.1) is 6.54 Å². The Balaban J connectivity index is 2.22. The third kappa shape index (κ3) is 1.62. The third-order valence-electron chi connectivity index (χ3n) is 1.88. The highest BCUT2D eigenvalue weighted by molar-refractivity contribution is 5.95. The Bertz CT molecular complexity index is 318. The lowest BCUT2D eigenvalue weighted by molar-refractivity contribution is 0.348. The van der Waals surface area contributed by atoms with E-state index >= 15 is 0 Å². The molecule has 0 spiro atoms. The van der Waals surface area contributed by atoms with Crippen LogP contribution < -0.4 is 11.3 Å². The highest BCUT2D eigenvalue weighted by Gasteiger charge is 2.08. The second kappa shape index (κ2) is 3.45. The van der Waals surface area contributed by atoms with Crippen LogP contribution in [-0.4, -0.2) is 19.0 Å². The minimum absolute atomic E-state index is 0.687. The normalized spacial score (nSPS) is 15.0. The molecule has 1 aliphatic heterocycles. The molecule has 0 saturated heterocycles. The van der Waals surface area contributed by atoms with Gasteiger partial charge >= 0.3 is 0 Å². The quantitative estimate of drug-likeness (QED) is 0.517. The molecule has 0 unspecified atom stereocenters. The maximum atomic E-state index is 5.31. The topological polar surface area (TPSA) is 59.6 Å². The van der Waals surface area contributed by atoms with E-state index in [0.29, 0.717) is 6.61 Å². The average Bonchev–Trinajstić information content (AvgIpc) is 2.71. The number of nitrogen functional groups attached to an aromatic ring is 1. The first-order valence-electron chi connectivity index (χ1n) is 4.14. The number of benzene rings is 1. The Morgan fingerprint density at radius 1 is 1.31 bits per heavy atom. The molecule has 1 aromatic carbocycles. The van der Waals surface area contributed by atoms with Crippen molar-refractivity contribution in [3.05, 3.63) is 29.8 Å². The molecule has 0 aliphatic carbocycles. The number of hydrogen-bond donors (Lipinski definition) is 2. The highest BCUT2D eigenvalue weighted by atomic mass is 16.5. The van der Waals surface area contributed by atoms with E-state index in [1.807, 2.05) is 24.3 Å². The fourth-order valence-electron chi connectivity index (χ4n) is 1.22. The van der Waals surface area contributed by atoms with Gasteiger partial charge in [0, 0.05) is 11.3 Å². The summed E-state index contributed by atoms with van der Waals surface area (Å²) in [7, 11) is 0. The van der Waals surface area contributed by atoms with Crippen LogP contribution in [0.3, 0.4) is 0 Å². The molecule has 0 saturated carbocycles. The predicted molar refractivity (Wildman–Crippen MR) is 51.6 cm³/mol. The Labute approximate surface area is 76.4 Å². The van der Waals surface area contributed by atoms with Crippen LogP contribution in [0.25, 0.3) is 0 Å². The molecule has 0 fully saturated rings. The van der Waals surface area contributed by atoms with Crippen molar-refractivity contribution in [1.29, 1.82) is 0 Å². The molecule has 1 aromatic rings. The maximum absolute atomic E-state index is 5.31. The molecule has 1 heterocycles. The van der Waals surface area contributed by atoms with Crippen LogP contribution in [0.5, 0.6) is 0 Å². The molecule has 2 rings (SSSR count). The molecule has 0 aromatic heterocycles. The van der Waals surface area contributed by atoms with Gasteiger partial charge in [0.1, 0.15) is 6.61 Å². The van der Waals surface area contributed by atoms with E-state index in [9.17, 15) is 0 Å². The van der Waals surface area contributed by atoms with Crippen molar-refractivity contribution in [2.75, 3.05) is 18.6 Å². The summed E-state index contributed by atoms with van der Waals surface area (Å²) >= 11 is 0. The number of nitrogens with one attached hydrogen (secondary N) is 1. The summed E-state index contributed by atoms with van der Waals surface area (Å²) in [6, 6.07) is 7.64.